The summed E-state index contributed by atoms with van der Waals surface area (Å²) in [7, 11) is 0. The second-order valence-corrected chi connectivity index (χ2v) is 3.08. The fourth-order valence-corrected chi connectivity index (χ4v) is 0.975. The Labute approximate surface area is 78.0 Å². The van der Waals surface area contributed by atoms with Crippen molar-refractivity contribution < 1.29 is 4.39 Å². The van der Waals surface area contributed by atoms with Gasteiger partial charge < -0.3 is 4.98 Å². The van der Waals surface area contributed by atoms with Crippen molar-refractivity contribution in [3.8, 4) is 0 Å². The van der Waals surface area contributed by atoms with Gasteiger partial charge in [0.25, 0.3) is 0 Å². The average Bonchev–Trinajstić information content (AvgIpc) is 2.47. The first kappa shape index (κ1) is 9.78. The zero-order valence-corrected chi connectivity index (χ0v) is 7.97. The van der Waals surface area contributed by atoms with Gasteiger partial charge in [-0.05, 0) is 31.1 Å². The maximum atomic E-state index is 12.7. The molecule has 0 aliphatic rings. The van der Waals surface area contributed by atoms with E-state index in [9.17, 15) is 4.39 Å². The molecule has 1 N–H and O–H groups in total. The molecule has 13 heavy (non-hydrogen) atoms. The summed E-state index contributed by atoms with van der Waals surface area (Å²) in [5.74, 6) is 0. The maximum Gasteiger partial charge on any atom is 0.122 e. The third kappa shape index (κ3) is 2.58. The Bertz CT molecular complexity index is 321. The van der Waals surface area contributed by atoms with Crippen LogP contribution in [0.3, 0.4) is 0 Å². The average molecular weight is 179 g/mol. The van der Waals surface area contributed by atoms with Crippen molar-refractivity contribution >= 4 is 6.08 Å². The largest absolute Gasteiger partial charge is 0.365 e. The molecule has 0 aromatic carbocycles. The summed E-state index contributed by atoms with van der Waals surface area (Å²) < 4.78 is 12.7. The molecular formula is C11H14FN. The highest BCUT2D eigenvalue weighted by atomic mass is 19.1. The molecular weight excluding hydrogens is 165 g/mol. The zero-order chi connectivity index (χ0) is 9.84. The van der Waals surface area contributed by atoms with Crippen LogP contribution in [0.2, 0.25) is 0 Å². The molecule has 0 spiro atoms. The third-order valence-corrected chi connectivity index (χ3v) is 1.98. The summed E-state index contributed by atoms with van der Waals surface area (Å²) in [6.07, 6.45) is 4.46. The van der Waals surface area contributed by atoms with E-state index < -0.39 is 6.17 Å². The highest BCUT2D eigenvalue weighted by Gasteiger charge is 1.99. The van der Waals surface area contributed by atoms with Gasteiger partial charge in [-0.25, -0.2) is 4.39 Å². The van der Waals surface area contributed by atoms with Crippen molar-refractivity contribution in [3.05, 3.63) is 41.7 Å². The van der Waals surface area contributed by atoms with E-state index in [1.54, 1.807) is 6.08 Å². The fraction of sp³-hybridized carbons (Fsp3) is 0.273. The summed E-state index contributed by atoms with van der Waals surface area (Å²) >= 11 is 0. The Morgan fingerprint density at radius 3 is 2.85 bits per heavy atom. The monoisotopic (exact) mass is 179 g/mol. The van der Waals surface area contributed by atoms with Crippen LogP contribution in [0.4, 0.5) is 4.39 Å². The van der Waals surface area contributed by atoms with E-state index in [0.29, 0.717) is 5.57 Å². The zero-order valence-electron chi connectivity index (χ0n) is 7.97. The molecule has 1 heterocycles. The Hall–Kier alpha value is -1.31. The van der Waals surface area contributed by atoms with Crippen molar-refractivity contribution in [2.75, 3.05) is 0 Å². The van der Waals surface area contributed by atoms with E-state index in [-0.39, 0.29) is 0 Å². The van der Waals surface area contributed by atoms with Gasteiger partial charge in [-0.3, -0.25) is 0 Å². The lowest BCUT2D eigenvalue weighted by Crippen LogP contribution is -1.92. The van der Waals surface area contributed by atoms with Crippen LogP contribution in [0.15, 0.2) is 30.5 Å². The van der Waals surface area contributed by atoms with Gasteiger partial charge in [0.05, 0.1) is 0 Å². The normalized spacial score (nSPS) is 13.5. The molecule has 1 nitrogen and oxygen atoms in total. The smallest absolute Gasteiger partial charge is 0.122 e. The van der Waals surface area contributed by atoms with Crippen LogP contribution in [-0.2, 0) is 0 Å². The van der Waals surface area contributed by atoms with Crippen molar-refractivity contribution in [1.29, 1.82) is 0 Å². The van der Waals surface area contributed by atoms with Crippen molar-refractivity contribution in [3.63, 3.8) is 0 Å². The van der Waals surface area contributed by atoms with Gasteiger partial charge in [0.1, 0.15) is 6.17 Å². The highest BCUT2D eigenvalue weighted by molar-refractivity contribution is 5.55. The number of rotatable bonds is 3. The summed E-state index contributed by atoms with van der Waals surface area (Å²) in [4.78, 5) is 3.05. The van der Waals surface area contributed by atoms with Crippen LogP contribution in [0.5, 0.6) is 0 Å². The predicted octanol–water partition coefficient (Wildman–Crippen LogP) is 3.25. The maximum absolute atomic E-state index is 12.7. The van der Waals surface area contributed by atoms with Gasteiger partial charge in [-0.1, -0.05) is 18.7 Å². The quantitative estimate of drug-likeness (QED) is 0.685. The molecule has 70 valence electrons. The van der Waals surface area contributed by atoms with Crippen molar-refractivity contribution in [2.45, 2.75) is 20.0 Å². The number of alkyl halides is 1. The predicted molar refractivity (Wildman–Crippen MR) is 54.3 cm³/mol. The Balaban J connectivity index is 2.69. The first-order chi connectivity index (χ1) is 6.11. The molecule has 0 saturated heterocycles. The van der Waals surface area contributed by atoms with Crippen LogP contribution in [0, 0.1) is 6.92 Å². The Morgan fingerprint density at radius 1 is 1.69 bits per heavy atom. The van der Waals surface area contributed by atoms with E-state index in [4.69, 9.17) is 0 Å². The highest BCUT2D eigenvalue weighted by Crippen LogP contribution is 2.11. The number of hydrogen-bond acceptors (Lipinski definition) is 0. The molecule has 0 fully saturated rings. The second-order valence-electron chi connectivity index (χ2n) is 3.08. The van der Waals surface area contributed by atoms with Gasteiger partial charge in [-0.15, -0.1) is 0 Å². The first-order valence-electron chi connectivity index (χ1n) is 4.26. The van der Waals surface area contributed by atoms with Crippen LogP contribution < -0.4 is 0 Å². The number of halogens is 1. The van der Waals surface area contributed by atoms with Gasteiger partial charge in [0, 0.05) is 11.9 Å². The van der Waals surface area contributed by atoms with Gasteiger partial charge in [0.15, 0.2) is 0 Å². The molecule has 1 aromatic rings. The second kappa shape index (κ2) is 4.08. The van der Waals surface area contributed by atoms with Gasteiger partial charge in [0.2, 0.25) is 0 Å². The van der Waals surface area contributed by atoms with Crippen LogP contribution in [0.1, 0.15) is 18.2 Å². The molecule has 1 atom stereocenters. The molecule has 0 saturated carbocycles. The van der Waals surface area contributed by atoms with Crippen LogP contribution in [0.25, 0.3) is 6.08 Å². The number of H-pyrrole nitrogens is 1. The van der Waals surface area contributed by atoms with Crippen molar-refractivity contribution in [1.82, 2.24) is 4.98 Å². The first-order valence-corrected chi connectivity index (χ1v) is 4.26. The van der Waals surface area contributed by atoms with Gasteiger partial charge >= 0.3 is 0 Å². The number of aromatic amines is 1. The summed E-state index contributed by atoms with van der Waals surface area (Å²) in [5.41, 5.74) is 2.65. The Morgan fingerprint density at radius 2 is 2.38 bits per heavy atom. The van der Waals surface area contributed by atoms with Crippen molar-refractivity contribution in [2.24, 2.45) is 0 Å². The number of hydrogen-bond donors (Lipinski definition) is 1. The summed E-state index contributed by atoms with van der Waals surface area (Å²) in [5, 5.41) is 0. The lowest BCUT2D eigenvalue weighted by Gasteiger charge is -1.98. The minimum Gasteiger partial charge on any atom is -0.365 e. The minimum absolute atomic E-state index is 0.501. The van der Waals surface area contributed by atoms with E-state index in [0.717, 1.165) is 11.3 Å². The lowest BCUT2D eigenvalue weighted by molar-refractivity contribution is 0.418. The lowest BCUT2D eigenvalue weighted by atomic mass is 10.1. The van der Waals surface area contributed by atoms with E-state index in [2.05, 4.69) is 11.6 Å². The number of nitrogens with one attached hydrogen (secondary N) is 1. The summed E-state index contributed by atoms with van der Waals surface area (Å²) in [6.45, 7) is 7.07. The van der Waals surface area contributed by atoms with E-state index >= 15 is 0 Å². The molecule has 0 bridgehead atoms. The fourth-order valence-electron chi connectivity index (χ4n) is 0.975. The number of aromatic nitrogens is 1. The van der Waals surface area contributed by atoms with Crippen LogP contribution in [-0.4, -0.2) is 11.2 Å². The topological polar surface area (TPSA) is 15.8 Å². The Kier molecular flexibility index (Phi) is 3.07. The van der Waals surface area contributed by atoms with E-state index in [1.165, 1.54) is 6.92 Å². The molecule has 1 unspecified atom stereocenters. The van der Waals surface area contributed by atoms with E-state index in [1.807, 2.05) is 25.3 Å². The molecule has 1 rings (SSSR count). The summed E-state index contributed by atoms with van der Waals surface area (Å²) in [6, 6.07) is 1.95. The molecule has 2 heteroatoms. The SMILES string of the molecule is C=C(/C=C\c1cc[nH]c1C)C(C)F. The molecule has 0 amide bonds. The molecule has 0 aliphatic carbocycles. The number of allylic oxidation sites excluding steroid dienone is 2. The third-order valence-electron chi connectivity index (χ3n) is 1.98. The molecule has 0 radical (unpaired) electrons. The molecule has 1 aromatic heterocycles. The standard InChI is InChI=1S/C11H14FN/c1-8(9(2)12)4-5-11-6-7-13-10(11)3/h4-7,9,13H,1H2,2-3H3/b5-4-. The van der Waals surface area contributed by atoms with Crippen LogP contribution >= 0.6 is 0 Å². The molecule has 0 aliphatic heterocycles. The van der Waals surface area contributed by atoms with Gasteiger partial charge in [-0.2, -0.15) is 0 Å². The minimum atomic E-state index is -0.976. The number of aryl methyl sites for hydroxylation is 1.